The van der Waals surface area contributed by atoms with Crippen LogP contribution in [0.1, 0.15) is 19.8 Å². The molecule has 126 valence electrons. The van der Waals surface area contributed by atoms with Crippen LogP contribution in [0.15, 0.2) is 29.2 Å². The minimum Gasteiger partial charge on any atom is -0.352 e. The second-order valence-electron chi connectivity index (χ2n) is 5.83. The molecule has 2 N–H and O–H groups in total. The molecule has 0 radical (unpaired) electrons. The number of carbonyl (C=O) groups excluding carboxylic acids is 1. The van der Waals surface area contributed by atoms with Crippen molar-refractivity contribution in [3.05, 3.63) is 34.9 Å². The van der Waals surface area contributed by atoms with Gasteiger partial charge in [-0.1, -0.05) is 13.0 Å². The lowest BCUT2D eigenvalue weighted by atomic mass is 9.95. The summed E-state index contributed by atoms with van der Waals surface area (Å²) in [5.41, 5.74) is 0.383. The van der Waals surface area contributed by atoms with E-state index in [-0.39, 0.29) is 36.5 Å². The molecule has 3 rings (SSSR count). The van der Waals surface area contributed by atoms with Crippen molar-refractivity contribution >= 4 is 24.0 Å². The van der Waals surface area contributed by atoms with Gasteiger partial charge < -0.3 is 10.6 Å². The summed E-state index contributed by atoms with van der Waals surface area (Å²) in [4.78, 5) is 24.2. The number of amides is 1. The molecular formula is C15H22ClN5O2. The molecule has 1 fully saturated rings. The van der Waals surface area contributed by atoms with Gasteiger partial charge in [-0.05, 0) is 31.0 Å². The molecule has 0 spiro atoms. The Bertz CT molecular complexity index is 726. The predicted molar refractivity (Wildman–Crippen MR) is 89.9 cm³/mol. The first-order valence-electron chi connectivity index (χ1n) is 7.69. The molecule has 1 amide bonds. The van der Waals surface area contributed by atoms with Gasteiger partial charge in [-0.3, -0.25) is 9.20 Å². The summed E-state index contributed by atoms with van der Waals surface area (Å²) < 4.78 is 2.82. The van der Waals surface area contributed by atoms with E-state index in [4.69, 9.17) is 0 Å². The van der Waals surface area contributed by atoms with Gasteiger partial charge in [-0.2, -0.15) is 0 Å². The van der Waals surface area contributed by atoms with Gasteiger partial charge in [0.15, 0.2) is 5.65 Å². The van der Waals surface area contributed by atoms with Gasteiger partial charge in [-0.25, -0.2) is 9.48 Å². The summed E-state index contributed by atoms with van der Waals surface area (Å²) in [5.74, 6) is 0.438. The number of hydrogen-bond acceptors (Lipinski definition) is 4. The maximum absolute atomic E-state index is 12.1. The molecule has 2 aromatic heterocycles. The third-order valence-electron chi connectivity index (χ3n) is 4.21. The summed E-state index contributed by atoms with van der Waals surface area (Å²) in [6.07, 6.45) is 3.00. The van der Waals surface area contributed by atoms with E-state index in [1.54, 1.807) is 18.3 Å². The molecule has 7 nitrogen and oxygen atoms in total. The summed E-state index contributed by atoms with van der Waals surface area (Å²) in [6.45, 7) is 4.25. The van der Waals surface area contributed by atoms with Gasteiger partial charge >= 0.3 is 5.69 Å². The topological polar surface area (TPSA) is 80.4 Å². The van der Waals surface area contributed by atoms with Gasteiger partial charge in [0.2, 0.25) is 5.91 Å². The summed E-state index contributed by atoms with van der Waals surface area (Å²) >= 11 is 0. The predicted octanol–water partition coefficient (Wildman–Crippen LogP) is 0.422. The molecule has 1 aliphatic rings. The van der Waals surface area contributed by atoms with Gasteiger partial charge in [0.25, 0.3) is 0 Å². The van der Waals surface area contributed by atoms with E-state index in [0.29, 0.717) is 18.1 Å². The van der Waals surface area contributed by atoms with E-state index < -0.39 is 0 Å². The SMILES string of the molecule is CC1CCNCC1NC(=O)CCn1nc2ccccn2c1=O.Cl. The Hall–Kier alpha value is -1.86. The Balaban J connectivity index is 0.00000192. The molecular weight excluding hydrogens is 318 g/mol. The van der Waals surface area contributed by atoms with Crippen molar-refractivity contribution in [2.75, 3.05) is 13.1 Å². The Kier molecular flexibility index (Phi) is 5.79. The van der Waals surface area contributed by atoms with E-state index >= 15 is 0 Å². The van der Waals surface area contributed by atoms with Gasteiger partial charge in [0, 0.05) is 25.2 Å². The van der Waals surface area contributed by atoms with E-state index in [1.807, 2.05) is 6.07 Å². The molecule has 0 aromatic carbocycles. The second kappa shape index (κ2) is 7.61. The van der Waals surface area contributed by atoms with Crippen molar-refractivity contribution in [2.45, 2.75) is 32.4 Å². The summed E-state index contributed by atoms with van der Waals surface area (Å²) in [7, 11) is 0. The number of carbonyl (C=O) groups is 1. The minimum absolute atomic E-state index is 0. The van der Waals surface area contributed by atoms with E-state index in [9.17, 15) is 9.59 Å². The summed E-state index contributed by atoms with van der Waals surface area (Å²) in [5, 5.41) is 10.5. The monoisotopic (exact) mass is 339 g/mol. The third-order valence-corrected chi connectivity index (χ3v) is 4.21. The first-order valence-corrected chi connectivity index (χ1v) is 7.69. The lowest BCUT2D eigenvalue weighted by molar-refractivity contribution is -0.122. The fourth-order valence-corrected chi connectivity index (χ4v) is 2.78. The molecule has 0 saturated carbocycles. The molecule has 0 aliphatic carbocycles. The van der Waals surface area contributed by atoms with Gasteiger partial charge in [0.1, 0.15) is 0 Å². The fourth-order valence-electron chi connectivity index (χ4n) is 2.78. The number of hydrogen-bond donors (Lipinski definition) is 2. The number of aromatic nitrogens is 3. The fraction of sp³-hybridized carbons (Fsp3) is 0.533. The zero-order valence-electron chi connectivity index (χ0n) is 13.1. The molecule has 8 heteroatoms. The lowest BCUT2D eigenvalue weighted by Crippen LogP contribution is -2.50. The van der Waals surface area contributed by atoms with Crippen LogP contribution in [0, 0.1) is 5.92 Å². The van der Waals surface area contributed by atoms with Crippen molar-refractivity contribution in [3.63, 3.8) is 0 Å². The highest BCUT2D eigenvalue weighted by Gasteiger charge is 2.22. The van der Waals surface area contributed by atoms with Crippen molar-refractivity contribution in [1.82, 2.24) is 24.8 Å². The smallest absolute Gasteiger partial charge is 0.350 e. The van der Waals surface area contributed by atoms with E-state index in [0.717, 1.165) is 19.5 Å². The van der Waals surface area contributed by atoms with E-state index in [1.165, 1.54) is 9.08 Å². The molecule has 2 aromatic rings. The number of nitrogens with one attached hydrogen (secondary N) is 2. The zero-order chi connectivity index (χ0) is 15.5. The minimum atomic E-state index is -0.212. The number of pyridine rings is 1. The zero-order valence-corrected chi connectivity index (χ0v) is 13.9. The van der Waals surface area contributed by atoms with Crippen LogP contribution in [0.4, 0.5) is 0 Å². The number of rotatable bonds is 4. The molecule has 0 bridgehead atoms. The van der Waals surface area contributed by atoms with Crippen LogP contribution in [0.2, 0.25) is 0 Å². The number of piperidine rings is 1. The Morgan fingerprint density at radius 1 is 1.48 bits per heavy atom. The first kappa shape index (κ1) is 17.5. The average Bonchev–Trinajstić information content (AvgIpc) is 2.84. The quantitative estimate of drug-likeness (QED) is 0.846. The van der Waals surface area contributed by atoms with Crippen LogP contribution in [-0.2, 0) is 11.3 Å². The Morgan fingerprint density at radius 2 is 2.30 bits per heavy atom. The van der Waals surface area contributed by atoms with Crippen molar-refractivity contribution in [1.29, 1.82) is 0 Å². The van der Waals surface area contributed by atoms with Crippen LogP contribution in [-0.4, -0.2) is 39.2 Å². The Labute approximate surface area is 140 Å². The number of nitrogens with zero attached hydrogens (tertiary/aromatic N) is 3. The van der Waals surface area contributed by atoms with Crippen LogP contribution in [0.3, 0.4) is 0 Å². The number of aryl methyl sites for hydroxylation is 1. The molecule has 2 unspecified atom stereocenters. The van der Waals surface area contributed by atoms with Crippen molar-refractivity contribution in [2.24, 2.45) is 5.92 Å². The normalized spacial score (nSPS) is 20.9. The van der Waals surface area contributed by atoms with Crippen LogP contribution in [0.5, 0.6) is 0 Å². The molecule has 3 heterocycles. The molecule has 23 heavy (non-hydrogen) atoms. The highest BCUT2D eigenvalue weighted by atomic mass is 35.5. The maximum Gasteiger partial charge on any atom is 0.350 e. The van der Waals surface area contributed by atoms with E-state index in [2.05, 4.69) is 22.7 Å². The second-order valence-corrected chi connectivity index (χ2v) is 5.83. The lowest BCUT2D eigenvalue weighted by Gasteiger charge is -2.30. The number of halogens is 1. The molecule has 1 aliphatic heterocycles. The highest BCUT2D eigenvalue weighted by molar-refractivity contribution is 5.85. The van der Waals surface area contributed by atoms with Crippen molar-refractivity contribution < 1.29 is 4.79 Å². The third kappa shape index (κ3) is 3.92. The van der Waals surface area contributed by atoms with Gasteiger partial charge in [0.05, 0.1) is 6.54 Å². The van der Waals surface area contributed by atoms with Crippen LogP contribution >= 0.6 is 12.4 Å². The first-order chi connectivity index (χ1) is 10.6. The average molecular weight is 340 g/mol. The Morgan fingerprint density at radius 3 is 3.04 bits per heavy atom. The van der Waals surface area contributed by atoms with Crippen molar-refractivity contribution in [3.8, 4) is 0 Å². The van der Waals surface area contributed by atoms with Crippen LogP contribution < -0.4 is 16.3 Å². The largest absolute Gasteiger partial charge is 0.352 e. The molecule has 2 atom stereocenters. The maximum atomic E-state index is 12.1. The molecule has 1 saturated heterocycles. The summed E-state index contributed by atoms with van der Waals surface area (Å²) in [6, 6.07) is 5.55. The highest BCUT2D eigenvalue weighted by Crippen LogP contribution is 2.11. The number of fused-ring (bicyclic) bond motifs is 1. The van der Waals surface area contributed by atoms with Crippen LogP contribution in [0.25, 0.3) is 5.65 Å². The standard InChI is InChI=1S/C15H21N5O2.ClH/c1-11-5-7-16-10-12(11)17-14(21)6-9-20-15(22)19-8-3-2-4-13(19)18-20;/h2-4,8,11-12,16H,5-7,9-10H2,1H3,(H,17,21);1H. The van der Waals surface area contributed by atoms with Gasteiger partial charge in [-0.15, -0.1) is 17.5 Å².